The van der Waals surface area contributed by atoms with E-state index in [4.69, 9.17) is 23.2 Å². The second kappa shape index (κ2) is 7.99. The molecule has 0 aliphatic heterocycles. The van der Waals surface area contributed by atoms with Gasteiger partial charge in [-0.3, -0.25) is 14.3 Å². The molecule has 0 atom stereocenters. The first-order chi connectivity index (χ1) is 12.1. The van der Waals surface area contributed by atoms with Gasteiger partial charge in [0.25, 0.3) is 0 Å². The molecular weight excluding hydrogens is 379 g/mol. The topological polar surface area (TPSA) is 60.7 Å². The number of carbonyl (C=O) groups excluding carboxylic acids is 1. The summed E-state index contributed by atoms with van der Waals surface area (Å²) in [6.07, 6.45) is 3.88. The molecule has 0 fully saturated rings. The van der Waals surface area contributed by atoms with E-state index in [0.717, 1.165) is 11.3 Å². The molecule has 3 rings (SSSR count). The summed E-state index contributed by atoms with van der Waals surface area (Å²) in [5, 5.41) is 10.2. The van der Waals surface area contributed by atoms with Gasteiger partial charge in [-0.1, -0.05) is 35.0 Å². The van der Waals surface area contributed by atoms with Gasteiger partial charge in [-0.15, -0.1) is 10.2 Å². The van der Waals surface area contributed by atoms with E-state index in [2.05, 4.69) is 15.2 Å². The molecule has 25 heavy (non-hydrogen) atoms. The second-order valence-corrected chi connectivity index (χ2v) is 7.15. The van der Waals surface area contributed by atoms with Crippen LogP contribution in [0.5, 0.6) is 0 Å². The Bertz CT molecular complexity index is 899. The maximum Gasteiger partial charge on any atom is 0.196 e. The van der Waals surface area contributed by atoms with Crippen LogP contribution in [0.3, 0.4) is 0 Å². The number of rotatable bonds is 6. The Morgan fingerprint density at radius 2 is 1.88 bits per heavy atom. The summed E-state index contributed by atoms with van der Waals surface area (Å²) in [4.78, 5) is 15.2. The fourth-order valence-corrected chi connectivity index (χ4v) is 3.48. The lowest BCUT2D eigenvalue weighted by molar-refractivity contribution is -0.116. The molecule has 128 valence electrons. The predicted octanol–water partition coefficient (Wildman–Crippen LogP) is 4.71. The molecule has 0 N–H and O–H groups in total. The van der Waals surface area contributed by atoms with Crippen LogP contribution in [-0.4, -0.2) is 31.3 Å². The minimum atomic E-state index is 0.141. The summed E-state index contributed by atoms with van der Waals surface area (Å²) in [5.41, 5.74) is 1.68. The van der Waals surface area contributed by atoms with Crippen molar-refractivity contribution in [2.24, 2.45) is 0 Å². The van der Waals surface area contributed by atoms with Gasteiger partial charge in [-0.2, -0.15) is 0 Å². The van der Waals surface area contributed by atoms with Crippen LogP contribution < -0.4 is 0 Å². The summed E-state index contributed by atoms with van der Waals surface area (Å²) in [6, 6.07) is 9.09. The van der Waals surface area contributed by atoms with E-state index < -0.39 is 0 Å². The molecule has 0 saturated carbocycles. The van der Waals surface area contributed by atoms with Crippen LogP contribution in [0.25, 0.3) is 17.1 Å². The van der Waals surface area contributed by atoms with Crippen molar-refractivity contribution < 1.29 is 4.79 Å². The standard InChI is InChI=1S/C17H14Cl2N4OS/c1-11(24)6-9-25-17-22-21-16(12-4-7-20-8-5-12)23(17)13-2-3-14(18)15(19)10-13/h2-5,7-8,10H,6,9H2,1H3. The van der Waals surface area contributed by atoms with Crippen LogP contribution in [0.1, 0.15) is 13.3 Å². The highest BCUT2D eigenvalue weighted by Gasteiger charge is 2.17. The first-order valence-electron chi connectivity index (χ1n) is 7.49. The van der Waals surface area contributed by atoms with E-state index in [0.29, 0.717) is 33.2 Å². The van der Waals surface area contributed by atoms with Gasteiger partial charge in [0.05, 0.1) is 15.7 Å². The fraction of sp³-hybridized carbons (Fsp3) is 0.176. The Morgan fingerprint density at radius 1 is 1.12 bits per heavy atom. The predicted molar refractivity (Wildman–Crippen MR) is 101 cm³/mol. The smallest absolute Gasteiger partial charge is 0.196 e. The molecule has 2 heterocycles. The summed E-state index contributed by atoms with van der Waals surface area (Å²) in [7, 11) is 0. The van der Waals surface area contributed by atoms with Gasteiger partial charge < -0.3 is 0 Å². The lowest BCUT2D eigenvalue weighted by Gasteiger charge is -2.11. The minimum Gasteiger partial charge on any atom is -0.300 e. The molecule has 8 heteroatoms. The Balaban J connectivity index is 2.06. The van der Waals surface area contributed by atoms with Gasteiger partial charge in [0.2, 0.25) is 0 Å². The van der Waals surface area contributed by atoms with Crippen molar-refractivity contribution >= 4 is 40.7 Å². The van der Waals surface area contributed by atoms with E-state index in [1.165, 1.54) is 11.8 Å². The van der Waals surface area contributed by atoms with Gasteiger partial charge in [-0.25, -0.2) is 0 Å². The van der Waals surface area contributed by atoms with E-state index in [9.17, 15) is 4.79 Å². The van der Waals surface area contributed by atoms with Gasteiger partial charge in [-0.05, 0) is 37.3 Å². The maximum atomic E-state index is 11.2. The zero-order chi connectivity index (χ0) is 17.8. The number of thioether (sulfide) groups is 1. The SMILES string of the molecule is CC(=O)CCSc1nnc(-c2ccncc2)n1-c1ccc(Cl)c(Cl)c1. The molecule has 5 nitrogen and oxygen atoms in total. The fourth-order valence-electron chi connectivity index (χ4n) is 2.19. The third kappa shape index (κ3) is 4.21. The van der Waals surface area contributed by atoms with Gasteiger partial charge >= 0.3 is 0 Å². The quantitative estimate of drug-likeness (QED) is 0.568. The van der Waals surface area contributed by atoms with Crippen LogP contribution in [0, 0.1) is 0 Å². The molecule has 0 saturated heterocycles. The summed E-state index contributed by atoms with van der Waals surface area (Å²) < 4.78 is 1.91. The second-order valence-electron chi connectivity index (χ2n) is 5.28. The zero-order valence-corrected chi connectivity index (χ0v) is 15.6. The first kappa shape index (κ1) is 17.9. The van der Waals surface area contributed by atoms with Crippen LogP contribution in [-0.2, 0) is 4.79 Å². The van der Waals surface area contributed by atoms with E-state index in [1.54, 1.807) is 31.5 Å². The Kier molecular flexibility index (Phi) is 5.73. The van der Waals surface area contributed by atoms with Gasteiger partial charge in [0.15, 0.2) is 11.0 Å². The number of carbonyl (C=O) groups is 1. The number of benzene rings is 1. The van der Waals surface area contributed by atoms with Crippen molar-refractivity contribution in [3.8, 4) is 17.1 Å². The molecule has 0 amide bonds. The number of pyridine rings is 1. The number of Topliss-reactive ketones (excluding diaryl/α,β-unsaturated/α-hetero) is 1. The average Bonchev–Trinajstić information content (AvgIpc) is 3.02. The molecule has 0 aliphatic carbocycles. The van der Waals surface area contributed by atoms with Crippen molar-refractivity contribution in [3.63, 3.8) is 0 Å². The third-order valence-corrected chi connectivity index (χ3v) is 5.09. The largest absolute Gasteiger partial charge is 0.300 e. The van der Waals surface area contributed by atoms with Crippen molar-refractivity contribution in [2.45, 2.75) is 18.5 Å². The molecule has 0 aliphatic rings. The Labute approximate surface area is 159 Å². The minimum absolute atomic E-state index is 0.141. The van der Waals surface area contributed by atoms with E-state index in [-0.39, 0.29) is 5.78 Å². The van der Waals surface area contributed by atoms with Crippen molar-refractivity contribution in [3.05, 3.63) is 52.8 Å². The normalized spacial score (nSPS) is 10.8. The number of hydrogen-bond donors (Lipinski definition) is 0. The van der Waals surface area contributed by atoms with E-state index in [1.807, 2.05) is 22.8 Å². The molecule has 0 bridgehead atoms. The summed E-state index contributed by atoms with van der Waals surface area (Å²) in [5.74, 6) is 1.44. The molecule has 3 aromatic rings. The average molecular weight is 393 g/mol. The highest BCUT2D eigenvalue weighted by molar-refractivity contribution is 7.99. The lowest BCUT2D eigenvalue weighted by Crippen LogP contribution is -2.01. The van der Waals surface area contributed by atoms with Crippen LogP contribution in [0.2, 0.25) is 10.0 Å². The van der Waals surface area contributed by atoms with Gasteiger partial charge in [0.1, 0.15) is 5.78 Å². The summed E-state index contributed by atoms with van der Waals surface area (Å²) in [6.45, 7) is 1.58. The summed E-state index contributed by atoms with van der Waals surface area (Å²) >= 11 is 13.7. The first-order valence-corrected chi connectivity index (χ1v) is 9.24. The zero-order valence-electron chi connectivity index (χ0n) is 13.3. The molecule has 0 unspecified atom stereocenters. The molecular formula is C17H14Cl2N4OS. The van der Waals surface area contributed by atoms with Crippen molar-refractivity contribution in [1.29, 1.82) is 0 Å². The number of aromatic nitrogens is 4. The van der Waals surface area contributed by atoms with Crippen LogP contribution in [0.4, 0.5) is 0 Å². The third-order valence-electron chi connectivity index (χ3n) is 3.42. The highest BCUT2D eigenvalue weighted by Crippen LogP contribution is 2.31. The van der Waals surface area contributed by atoms with Crippen LogP contribution >= 0.6 is 35.0 Å². The number of halogens is 2. The Morgan fingerprint density at radius 3 is 2.56 bits per heavy atom. The number of nitrogens with zero attached hydrogens (tertiary/aromatic N) is 4. The molecule has 2 aromatic heterocycles. The van der Waals surface area contributed by atoms with Gasteiger partial charge in [0, 0.05) is 30.1 Å². The van der Waals surface area contributed by atoms with Crippen molar-refractivity contribution in [2.75, 3.05) is 5.75 Å². The monoisotopic (exact) mass is 392 g/mol. The lowest BCUT2D eigenvalue weighted by atomic mass is 10.2. The van der Waals surface area contributed by atoms with Crippen LogP contribution in [0.15, 0.2) is 47.9 Å². The molecule has 0 spiro atoms. The maximum absolute atomic E-state index is 11.2. The highest BCUT2D eigenvalue weighted by atomic mass is 35.5. The number of hydrogen-bond acceptors (Lipinski definition) is 5. The molecule has 1 aromatic carbocycles. The Hall–Kier alpha value is -1.89. The van der Waals surface area contributed by atoms with E-state index >= 15 is 0 Å². The molecule has 0 radical (unpaired) electrons. The van der Waals surface area contributed by atoms with Crippen molar-refractivity contribution in [1.82, 2.24) is 19.7 Å². The number of ketones is 1.